The fourth-order valence-electron chi connectivity index (χ4n) is 4.42. The molecule has 1 saturated carbocycles. The van der Waals surface area contributed by atoms with Crippen LogP contribution in [0.25, 0.3) is 11.2 Å². The molecule has 2 aliphatic rings. The topological polar surface area (TPSA) is 127 Å². The molecule has 0 aromatic carbocycles. The van der Waals surface area contributed by atoms with Crippen LogP contribution in [0.5, 0.6) is 0 Å². The number of carbonyl (C=O) groups excluding carboxylic acids is 2. The SMILES string of the molecule is C#C[C@H]1O[C@@H](n2cnc3c(NC4CCC(OC)CC4)ncnc32)[C@H](OC(C)=O)[C@H]1OC(C)=O. The van der Waals surface area contributed by atoms with Gasteiger partial charge in [-0.1, -0.05) is 5.92 Å². The lowest BCUT2D eigenvalue weighted by atomic mass is 9.93. The first-order valence-electron chi connectivity index (χ1n) is 10.8. The Labute approximate surface area is 191 Å². The van der Waals surface area contributed by atoms with Crippen molar-refractivity contribution in [1.82, 2.24) is 19.5 Å². The number of imidazole rings is 1. The quantitative estimate of drug-likeness (QED) is 0.505. The largest absolute Gasteiger partial charge is 0.455 e. The minimum atomic E-state index is -0.972. The predicted molar refractivity (Wildman–Crippen MR) is 116 cm³/mol. The van der Waals surface area contributed by atoms with Crippen LogP contribution < -0.4 is 5.32 Å². The highest BCUT2D eigenvalue weighted by Crippen LogP contribution is 2.36. The van der Waals surface area contributed by atoms with Crippen LogP contribution >= 0.6 is 0 Å². The van der Waals surface area contributed by atoms with Crippen LogP contribution in [0.1, 0.15) is 45.8 Å². The lowest BCUT2D eigenvalue weighted by Crippen LogP contribution is -2.38. The van der Waals surface area contributed by atoms with E-state index in [-0.39, 0.29) is 6.04 Å². The standard InChI is InChI=1S/C22H27N5O6/c1-5-16-18(31-12(2)28)19(32-13(3)29)22(33-16)27-11-25-17-20(23-10-24-21(17)27)26-14-6-8-15(30-4)9-7-14/h1,10-11,14-16,18-19,22H,6-9H2,2-4H3,(H,23,24,26)/t14?,15?,16-,18+,19-,22-/m1/s1. The highest BCUT2D eigenvalue weighted by atomic mass is 16.6. The molecular formula is C22H27N5O6. The number of methoxy groups -OCH3 is 1. The van der Waals surface area contributed by atoms with Crippen LogP contribution in [0.15, 0.2) is 12.7 Å². The van der Waals surface area contributed by atoms with Gasteiger partial charge >= 0.3 is 11.9 Å². The minimum absolute atomic E-state index is 0.246. The minimum Gasteiger partial charge on any atom is -0.455 e. The van der Waals surface area contributed by atoms with E-state index in [1.165, 1.54) is 26.5 Å². The molecule has 4 atom stereocenters. The number of nitrogens with zero attached hydrogens (tertiary/aromatic N) is 4. The normalized spacial score (nSPS) is 29.4. The molecule has 4 rings (SSSR count). The first kappa shape index (κ1) is 22.9. The number of fused-ring (bicyclic) bond motifs is 1. The molecule has 1 aliphatic carbocycles. The molecule has 33 heavy (non-hydrogen) atoms. The first-order valence-corrected chi connectivity index (χ1v) is 10.8. The third-order valence-electron chi connectivity index (χ3n) is 5.94. The van der Waals surface area contributed by atoms with Crippen molar-refractivity contribution in [1.29, 1.82) is 0 Å². The molecular weight excluding hydrogens is 430 g/mol. The molecule has 1 aliphatic heterocycles. The van der Waals surface area contributed by atoms with Gasteiger partial charge in [-0.05, 0) is 25.7 Å². The molecule has 0 amide bonds. The summed E-state index contributed by atoms with van der Waals surface area (Å²) < 4.78 is 23.8. The molecule has 3 heterocycles. The molecule has 176 valence electrons. The van der Waals surface area contributed by atoms with E-state index >= 15 is 0 Å². The lowest BCUT2D eigenvalue weighted by Gasteiger charge is -2.28. The third-order valence-corrected chi connectivity index (χ3v) is 5.94. The Morgan fingerprint density at radius 1 is 1.12 bits per heavy atom. The second-order valence-electron chi connectivity index (χ2n) is 8.16. The second kappa shape index (κ2) is 9.72. The van der Waals surface area contributed by atoms with Crippen molar-refractivity contribution in [2.24, 2.45) is 0 Å². The van der Waals surface area contributed by atoms with E-state index in [0.29, 0.717) is 23.1 Å². The number of hydrogen-bond acceptors (Lipinski definition) is 10. The molecule has 2 fully saturated rings. The van der Waals surface area contributed by atoms with Crippen molar-refractivity contribution in [3.63, 3.8) is 0 Å². The summed E-state index contributed by atoms with van der Waals surface area (Å²) in [4.78, 5) is 36.6. The van der Waals surface area contributed by atoms with E-state index < -0.39 is 36.5 Å². The fourth-order valence-corrected chi connectivity index (χ4v) is 4.42. The van der Waals surface area contributed by atoms with Crippen molar-refractivity contribution in [3.05, 3.63) is 12.7 Å². The van der Waals surface area contributed by atoms with E-state index in [9.17, 15) is 9.59 Å². The van der Waals surface area contributed by atoms with Gasteiger partial charge in [0.2, 0.25) is 0 Å². The number of esters is 2. The first-order chi connectivity index (χ1) is 15.9. The van der Waals surface area contributed by atoms with Gasteiger partial charge in [0.25, 0.3) is 0 Å². The molecule has 2 aromatic rings. The van der Waals surface area contributed by atoms with Gasteiger partial charge in [-0.3, -0.25) is 14.2 Å². The Morgan fingerprint density at radius 3 is 2.45 bits per heavy atom. The molecule has 11 nitrogen and oxygen atoms in total. The lowest BCUT2D eigenvalue weighted by molar-refractivity contribution is -0.165. The van der Waals surface area contributed by atoms with Crippen molar-refractivity contribution < 1.29 is 28.5 Å². The highest BCUT2D eigenvalue weighted by molar-refractivity contribution is 5.83. The molecule has 1 saturated heterocycles. The number of nitrogens with one attached hydrogen (secondary N) is 1. The van der Waals surface area contributed by atoms with Gasteiger partial charge in [-0.25, -0.2) is 15.0 Å². The average Bonchev–Trinajstić information content (AvgIpc) is 3.36. The Bertz CT molecular complexity index is 1060. The maximum absolute atomic E-state index is 11.8. The predicted octanol–water partition coefficient (Wildman–Crippen LogP) is 1.59. The molecule has 0 unspecified atom stereocenters. The fraction of sp³-hybridized carbons (Fsp3) is 0.591. The maximum atomic E-state index is 11.8. The zero-order valence-electron chi connectivity index (χ0n) is 18.8. The average molecular weight is 457 g/mol. The summed E-state index contributed by atoms with van der Waals surface area (Å²) in [5, 5.41) is 3.46. The zero-order valence-corrected chi connectivity index (χ0v) is 18.8. The van der Waals surface area contributed by atoms with Crippen molar-refractivity contribution in [2.45, 2.75) is 76.2 Å². The van der Waals surface area contributed by atoms with Crippen molar-refractivity contribution >= 4 is 28.9 Å². The number of carbonyl (C=O) groups is 2. The smallest absolute Gasteiger partial charge is 0.303 e. The molecule has 0 radical (unpaired) electrons. The summed E-state index contributed by atoms with van der Waals surface area (Å²) in [6.45, 7) is 2.52. The summed E-state index contributed by atoms with van der Waals surface area (Å²) in [6, 6.07) is 0.246. The summed E-state index contributed by atoms with van der Waals surface area (Å²) in [5.74, 6) is 1.94. The van der Waals surface area contributed by atoms with Gasteiger partial charge in [0, 0.05) is 27.0 Å². The number of aromatic nitrogens is 4. The monoisotopic (exact) mass is 457 g/mol. The molecule has 1 N–H and O–H groups in total. The summed E-state index contributed by atoms with van der Waals surface area (Å²) >= 11 is 0. The summed E-state index contributed by atoms with van der Waals surface area (Å²) in [6.07, 6.45) is 8.98. The zero-order chi connectivity index (χ0) is 23.5. The van der Waals surface area contributed by atoms with E-state index in [1.54, 1.807) is 11.7 Å². The molecule has 11 heteroatoms. The van der Waals surface area contributed by atoms with Crippen LogP contribution in [0.3, 0.4) is 0 Å². The number of anilines is 1. The van der Waals surface area contributed by atoms with Gasteiger partial charge in [0.05, 0.1) is 12.4 Å². The van der Waals surface area contributed by atoms with E-state index in [2.05, 4.69) is 26.2 Å². The van der Waals surface area contributed by atoms with E-state index in [1.807, 2.05) is 0 Å². The van der Waals surface area contributed by atoms with Gasteiger partial charge in [-0.2, -0.15) is 0 Å². The molecule has 0 spiro atoms. The Morgan fingerprint density at radius 2 is 1.82 bits per heavy atom. The maximum Gasteiger partial charge on any atom is 0.303 e. The van der Waals surface area contributed by atoms with Crippen LogP contribution in [-0.4, -0.2) is 69.0 Å². The number of rotatable bonds is 6. The molecule has 2 aromatic heterocycles. The Balaban J connectivity index is 1.62. The van der Waals surface area contributed by atoms with Crippen LogP contribution in [0, 0.1) is 12.3 Å². The van der Waals surface area contributed by atoms with Crippen LogP contribution in [0.4, 0.5) is 5.82 Å². The van der Waals surface area contributed by atoms with Gasteiger partial charge in [0.1, 0.15) is 6.33 Å². The number of terminal acetylenes is 1. The molecule has 0 bridgehead atoms. The van der Waals surface area contributed by atoms with Crippen LogP contribution in [0.2, 0.25) is 0 Å². The Kier molecular flexibility index (Phi) is 6.76. The number of ether oxygens (including phenoxy) is 4. The van der Waals surface area contributed by atoms with E-state index in [0.717, 1.165) is 25.7 Å². The van der Waals surface area contributed by atoms with Crippen LogP contribution in [-0.2, 0) is 28.5 Å². The Hall–Kier alpha value is -3.23. The van der Waals surface area contributed by atoms with Gasteiger partial charge < -0.3 is 24.3 Å². The second-order valence-corrected chi connectivity index (χ2v) is 8.16. The third kappa shape index (κ3) is 4.77. The summed E-state index contributed by atoms with van der Waals surface area (Å²) in [5.41, 5.74) is 1.02. The highest BCUT2D eigenvalue weighted by Gasteiger charge is 2.50. The van der Waals surface area contributed by atoms with Crippen molar-refractivity contribution in [2.75, 3.05) is 12.4 Å². The van der Waals surface area contributed by atoms with Gasteiger partial charge in [0.15, 0.2) is 41.5 Å². The summed E-state index contributed by atoms with van der Waals surface area (Å²) in [7, 11) is 1.74. The van der Waals surface area contributed by atoms with Crippen molar-refractivity contribution in [3.8, 4) is 12.3 Å². The number of hydrogen-bond donors (Lipinski definition) is 1. The van der Waals surface area contributed by atoms with E-state index in [4.69, 9.17) is 25.4 Å². The van der Waals surface area contributed by atoms with Gasteiger partial charge in [-0.15, -0.1) is 6.42 Å².